The Morgan fingerprint density at radius 2 is 1.75 bits per heavy atom. The molecule has 0 spiro atoms. The molecular formula is C12H20. The summed E-state index contributed by atoms with van der Waals surface area (Å²) in [4.78, 5) is 0. The summed E-state index contributed by atoms with van der Waals surface area (Å²) in [5, 5.41) is 0. The second kappa shape index (κ2) is 5.82. The van der Waals surface area contributed by atoms with Crippen molar-refractivity contribution in [2.45, 2.75) is 40.5 Å². The van der Waals surface area contributed by atoms with E-state index in [1.165, 1.54) is 11.1 Å². The van der Waals surface area contributed by atoms with Gasteiger partial charge in [-0.15, -0.1) is 0 Å². The summed E-state index contributed by atoms with van der Waals surface area (Å²) in [5.74, 6) is 0. The van der Waals surface area contributed by atoms with Gasteiger partial charge in [-0.2, -0.15) is 0 Å². The Morgan fingerprint density at radius 1 is 1.17 bits per heavy atom. The molecule has 0 aliphatic carbocycles. The second-order valence-corrected chi connectivity index (χ2v) is 3.66. The van der Waals surface area contributed by atoms with Crippen molar-refractivity contribution in [3.05, 3.63) is 35.5 Å². The normalized spacial score (nSPS) is 11.2. The van der Waals surface area contributed by atoms with Crippen LogP contribution in [0.25, 0.3) is 0 Å². The highest BCUT2D eigenvalue weighted by Gasteiger charge is 1.88. The zero-order valence-electron chi connectivity index (χ0n) is 8.78. The molecule has 0 aromatic heterocycles. The summed E-state index contributed by atoms with van der Waals surface area (Å²) in [7, 11) is 0. The molecule has 0 nitrogen and oxygen atoms in total. The van der Waals surface area contributed by atoms with E-state index in [1.54, 1.807) is 0 Å². The van der Waals surface area contributed by atoms with Crippen molar-refractivity contribution in [1.29, 1.82) is 0 Å². The Hall–Kier alpha value is -0.780. The van der Waals surface area contributed by atoms with Gasteiger partial charge in [-0.25, -0.2) is 0 Å². The highest BCUT2D eigenvalue weighted by Crippen LogP contribution is 2.08. The molecule has 0 fully saturated rings. The number of hydrogen-bond donors (Lipinski definition) is 0. The molecule has 0 aromatic carbocycles. The maximum atomic E-state index is 3.85. The number of allylic oxidation sites excluding steroid dienone is 5. The van der Waals surface area contributed by atoms with Crippen LogP contribution in [-0.4, -0.2) is 0 Å². The maximum Gasteiger partial charge on any atom is -0.0285 e. The molecule has 0 radical (unpaired) electrons. The van der Waals surface area contributed by atoms with E-state index in [1.807, 2.05) is 6.92 Å². The van der Waals surface area contributed by atoms with Crippen molar-refractivity contribution in [3.63, 3.8) is 0 Å². The van der Waals surface area contributed by atoms with Crippen molar-refractivity contribution >= 4 is 0 Å². The smallest absolute Gasteiger partial charge is 0.0285 e. The molecule has 68 valence electrons. The SMILES string of the molecule is C=C(C)/C=C(/C)CCC=C(C)C. The van der Waals surface area contributed by atoms with Gasteiger partial charge in [0.25, 0.3) is 0 Å². The third-order valence-electron chi connectivity index (χ3n) is 1.58. The minimum Gasteiger partial charge on any atom is -0.0961 e. The van der Waals surface area contributed by atoms with Crippen LogP contribution >= 0.6 is 0 Å². The van der Waals surface area contributed by atoms with Crippen molar-refractivity contribution in [2.75, 3.05) is 0 Å². The molecule has 0 N–H and O–H groups in total. The number of hydrogen-bond acceptors (Lipinski definition) is 0. The standard InChI is InChI=1S/C12H20/c1-10(2)7-6-8-12(5)9-11(3)4/h7,9H,3,6,8H2,1-2,4-5H3/b12-9-. The van der Waals surface area contributed by atoms with Gasteiger partial charge in [0.1, 0.15) is 0 Å². The molecule has 0 unspecified atom stereocenters. The Labute approximate surface area is 76.7 Å². The van der Waals surface area contributed by atoms with Crippen molar-refractivity contribution in [2.24, 2.45) is 0 Å². The predicted octanol–water partition coefficient (Wildman–Crippen LogP) is 4.26. The van der Waals surface area contributed by atoms with Gasteiger partial charge < -0.3 is 0 Å². The van der Waals surface area contributed by atoms with Gasteiger partial charge in [-0.3, -0.25) is 0 Å². The Morgan fingerprint density at radius 3 is 2.17 bits per heavy atom. The Bertz CT molecular complexity index is 200. The lowest BCUT2D eigenvalue weighted by Gasteiger charge is -1.98. The highest BCUT2D eigenvalue weighted by atomic mass is 13.9. The van der Waals surface area contributed by atoms with Crippen molar-refractivity contribution < 1.29 is 0 Å². The first-order valence-corrected chi connectivity index (χ1v) is 4.48. The van der Waals surface area contributed by atoms with Crippen LogP contribution in [0, 0.1) is 0 Å². The lowest BCUT2D eigenvalue weighted by Crippen LogP contribution is -1.77. The van der Waals surface area contributed by atoms with E-state index >= 15 is 0 Å². The van der Waals surface area contributed by atoms with Crippen LogP contribution in [0.4, 0.5) is 0 Å². The average molecular weight is 164 g/mol. The van der Waals surface area contributed by atoms with Gasteiger partial charge in [0.2, 0.25) is 0 Å². The Kier molecular flexibility index (Phi) is 5.44. The average Bonchev–Trinajstić information content (AvgIpc) is 1.84. The quantitative estimate of drug-likeness (QED) is 0.430. The first-order valence-electron chi connectivity index (χ1n) is 4.48. The van der Waals surface area contributed by atoms with E-state index in [-0.39, 0.29) is 0 Å². The third-order valence-corrected chi connectivity index (χ3v) is 1.58. The zero-order chi connectivity index (χ0) is 9.56. The van der Waals surface area contributed by atoms with Crippen LogP contribution < -0.4 is 0 Å². The first-order chi connectivity index (χ1) is 5.52. The van der Waals surface area contributed by atoms with Gasteiger partial charge in [-0.1, -0.05) is 35.5 Å². The Balaban J connectivity index is 3.79. The monoisotopic (exact) mass is 164 g/mol. The van der Waals surface area contributed by atoms with E-state index in [9.17, 15) is 0 Å². The largest absolute Gasteiger partial charge is 0.0961 e. The maximum absolute atomic E-state index is 3.85. The van der Waals surface area contributed by atoms with Crippen LogP contribution in [0.15, 0.2) is 35.5 Å². The van der Waals surface area contributed by atoms with Gasteiger partial charge in [0, 0.05) is 0 Å². The molecule has 0 saturated heterocycles. The van der Waals surface area contributed by atoms with E-state index in [2.05, 4.69) is 39.5 Å². The van der Waals surface area contributed by atoms with Crippen LogP contribution in [0.2, 0.25) is 0 Å². The molecule has 0 atom stereocenters. The minimum absolute atomic E-state index is 1.14. The summed E-state index contributed by atoms with van der Waals surface area (Å²) in [5.41, 5.74) is 3.96. The number of rotatable bonds is 4. The molecule has 0 bridgehead atoms. The zero-order valence-corrected chi connectivity index (χ0v) is 8.78. The fourth-order valence-corrected chi connectivity index (χ4v) is 1.08. The summed E-state index contributed by atoms with van der Waals surface area (Å²) >= 11 is 0. The molecule has 0 aromatic rings. The molecule has 0 heteroatoms. The van der Waals surface area contributed by atoms with Gasteiger partial charge in [0.15, 0.2) is 0 Å². The topological polar surface area (TPSA) is 0 Å². The van der Waals surface area contributed by atoms with E-state index in [0.717, 1.165) is 18.4 Å². The van der Waals surface area contributed by atoms with Crippen LogP contribution in [0.3, 0.4) is 0 Å². The lowest BCUT2D eigenvalue weighted by molar-refractivity contribution is 0.965. The van der Waals surface area contributed by atoms with E-state index < -0.39 is 0 Å². The van der Waals surface area contributed by atoms with Gasteiger partial charge in [0.05, 0.1) is 0 Å². The van der Waals surface area contributed by atoms with Crippen LogP contribution in [0.5, 0.6) is 0 Å². The van der Waals surface area contributed by atoms with Gasteiger partial charge >= 0.3 is 0 Å². The fraction of sp³-hybridized carbons (Fsp3) is 0.500. The van der Waals surface area contributed by atoms with Crippen LogP contribution in [0.1, 0.15) is 40.5 Å². The third kappa shape index (κ3) is 7.33. The lowest BCUT2D eigenvalue weighted by atomic mass is 10.1. The summed E-state index contributed by atoms with van der Waals surface area (Å²) < 4.78 is 0. The fourth-order valence-electron chi connectivity index (χ4n) is 1.08. The molecule has 0 aliphatic heterocycles. The minimum atomic E-state index is 1.14. The first kappa shape index (κ1) is 11.2. The van der Waals surface area contributed by atoms with Crippen molar-refractivity contribution in [1.82, 2.24) is 0 Å². The predicted molar refractivity (Wildman–Crippen MR) is 57.2 cm³/mol. The summed E-state index contributed by atoms with van der Waals surface area (Å²) in [6.45, 7) is 12.3. The van der Waals surface area contributed by atoms with E-state index in [0.29, 0.717) is 0 Å². The van der Waals surface area contributed by atoms with E-state index in [4.69, 9.17) is 0 Å². The molecule has 12 heavy (non-hydrogen) atoms. The molecule has 0 amide bonds. The molecule has 0 aliphatic rings. The van der Waals surface area contributed by atoms with Crippen molar-refractivity contribution in [3.8, 4) is 0 Å². The van der Waals surface area contributed by atoms with Crippen LogP contribution in [-0.2, 0) is 0 Å². The second-order valence-electron chi connectivity index (χ2n) is 3.66. The summed E-state index contributed by atoms with van der Waals surface area (Å²) in [6, 6.07) is 0. The highest BCUT2D eigenvalue weighted by molar-refractivity contribution is 5.17. The molecular weight excluding hydrogens is 144 g/mol. The molecule has 0 saturated carbocycles. The van der Waals surface area contributed by atoms with Gasteiger partial charge in [-0.05, 0) is 40.5 Å². The molecule has 0 heterocycles. The molecule has 0 rings (SSSR count). The summed E-state index contributed by atoms with van der Waals surface area (Å²) in [6.07, 6.45) is 6.73.